The highest BCUT2D eigenvalue weighted by atomic mass is 16.5. The highest BCUT2D eigenvalue weighted by Gasteiger charge is 2.37. The van der Waals surface area contributed by atoms with Gasteiger partial charge in [-0.3, -0.25) is 4.79 Å². The number of hydrogen-bond donors (Lipinski definition) is 6. The van der Waals surface area contributed by atoms with E-state index < -0.39 is 24.4 Å². The van der Waals surface area contributed by atoms with Gasteiger partial charge in [0.2, 0.25) is 0 Å². The van der Waals surface area contributed by atoms with Gasteiger partial charge in [-0.25, -0.2) is 0 Å². The molecular weight excluding hydrogens is 392 g/mol. The number of phenols is 3. The molecule has 162 valence electrons. The van der Waals surface area contributed by atoms with Crippen LogP contribution in [0.5, 0.6) is 17.2 Å². The average molecular weight is 418 g/mol. The van der Waals surface area contributed by atoms with Crippen LogP contribution in [0.1, 0.15) is 34.3 Å². The molecule has 1 unspecified atom stereocenters. The fraction of sp³-hybridized carbons (Fsp3) is 0.409. The summed E-state index contributed by atoms with van der Waals surface area (Å²) in [6.07, 6.45) is -3.42. The number of carbonyl (C=O) groups excluding carboxylic acids is 1. The predicted molar refractivity (Wildman–Crippen MR) is 107 cm³/mol. The van der Waals surface area contributed by atoms with Gasteiger partial charge in [-0.1, -0.05) is 12.1 Å². The summed E-state index contributed by atoms with van der Waals surface area (Å²) >= 11 is 0. The van der Waals surface area contributed by atoms with E-state index in [1.165, 1.54) is 18.2 Å². The van der Waals surface area contributed by atoms with Crippen LogP contribution < -0.4 is 0 Å². The number of ether oxygens (including phenoxy) is 1. The van der Waals surface area contributed by atoms with Crippen molar-refractivity contribution >= 4 is 5.78 Å². The Morgan fingerprint density at radius 3 is 2.40 bits per heavy atom. The first-order valence-electron chi connectivity index (χ1n) is 9.77. The summed E-state index contributed by atoms with van der Waals surface area (Å²) in [5.41, 5.74) is 1.13. The molecule has 0 spiro atoms. The van der Waals surface area contributed by atoms with Crippen molar-refractivity contribution in [2.24, 2.45) is 0 Å². The van der Waals surface area contributed by atoms with Crippen molar-refractivity contribution in [2.45, 2.75) is 50.1 Å². The number of ketones is 1. The third kappa shape index (κ3) is 5.09. The number of carbonyl (C=O) groups is 1. The summed E-state index contributed by atoms with van der Waals surface area (Å²) in [7, 11) is 0. The monoisotopic (exact) mass is 418 g/mol. The van der Waals surface area contributed by atoms with E-state index in [9.17, 15) is 35.4 Å². The maximum Gasteiger partial charge on any atom is 0.167 e. The molecule has 2 aromatic carbocycles. The highest BCUT2D eigenvalue weighted by molar-refractivity contribution is 6.00. The Bertz CT molecular complexity index is 879. The molecule has 1 fully saturated rings. The molecule has 0 bridgehead atoms. The maximum absolute atomic E-state index is 12.9. The van der Waals surface area contributed by atoms with Gasteiger partial charge in [0.1, 0.15) is 23.4 Å². The molecule has 30 heavy (non-hydrogen) atoms. The first-order chi connectivity index (χ1) is 14.3. The quantitative estimate of drug-likeness (QED) is 0.365. The minimum Gasteiger partial charge on any atom is -0.508 e. The lowest BCUT2D eigenvalue weighted by Gasteiger charge is -2.37. The molecule has 0 aromatic heterocycles. The summed E-state index contributed by atoms with van der Waals surface area (Å²) in [6.45, 7) is -0.329. The summed E-state index contributed by atoms with van der Waals surface area (Å²) in [5, 5.41) is 59.2. The predicted octanol–water partition coefficient (Wildman–Crippen LogP) is 1.03. The van der Waals surface area contributed by atoms with Crippen molar-refractivity contribution < 1.29 is 40.2 Å². The second kappa shape index (κ2) is 9.44. The van der Waals surface area contributed by atoms with E-state index in [4.69, 9.17) is 4.74 Å². The lowest BCUT2D eigenvalue weighted by molar-refractivity contribution is -0.176. The second-order valence-electron chi connectivity index (χ2n) is 7.57. The van der Waals surface area contributed by atoms with Crippen LogP contribution in [0.15, 0.2) is 36.4 Å². The molecule has 6 N–H and O–H groups in total. The van der Waals surface area contributed by atoms with Gasteiger partial charge in [0.25, 0.3) is 0 Å². The fourth-order valence-corrected chi connectivity index (χ4v) is 3.74. The maximum atomic E-state index is 12.9. The fourth-order valence-electron chi connectivity index (χ4n) is 3.74. The number of hydrogen-bond acceptors (Lipinski definition) is 8. The minimum absolute atomic E-state index is 0.0167. The van der Waals surface area contributed by atoms with E-state index in [2.05, 4.69) is 0 Å². The van der Waals surface area contributed by atoms with Crippen LogP contribution in [0.25, 0.3) is 0 Å². The molecule has 1 aliphatic heterocycles. The lowest BCUT2D eigenvalue weighted by Crippen LogP contribution is -2.50. The van der Waals surface area contributed by atoms with Gasteiger partial charge in [0, 0.05) is 25.3 Å². The third-order valence-corrected chi connectivity index (χ3v) is 5.31. The zero-order valence-electron chi connectivity index (χ0n) is 16.3. The Morgan fingerprint density at radius 1 is 1.03 bits per heavy atom. The molecule has 0 radical (unpaired) electrons. The highest BCUT2D eigenvalue weighted by Crippen LogP contribution is 2.32. The number of benzene rings is 2. The summed E-state index contributed by atoms with van der Waals surface area (Å²) < 4.78 is 5.62. The molecule has 1 heterocycles. The van der Waals surface area contributed by atoms with E-state index in [0.29, 0.717) is 6.42 Å². The Balaban J connectivity index is 1.81. The molecule has 8 heteroatoms. The van der Waals surface area contributed by atoms with Gasteiger partial charge in [0.15, 0.2) is 5.78 Å². The van der Waals surface area contributed by atoms with Crippen LogP contribution in [0.2, 0.25) is 0 Å². The van der Waals surface area contributed by atoms with E-state index >= 15 is 0 Å². The standard InChI is InChI=1S/C22H26O8/c23-11-16-10-19(28)22(29)20(30-16)8-13-7-15(25)9-18(27)21(13)17(26)6-3-12-1-4-14(24)5-2-12/h1-2,4-5,7,9,16,19-20,22-25,27-29H,3,6,8,10-11H2/t16-,19-,20-,22?/m0/s1. The second-order valence-corrected chi connectivity index (χ2v) is 7.57. The zero-order chi connectivity index (χ0) is 21.8. The summed E-state index contributed by atoms with van der Waals surface area (Å²) in [5.74, 6) is -0.870. The van der Waals surface area contributed by atoms with Crippen molar-refractivity contribution in [1.82, 2.24) is 0 Å². The molecular formula is C22H26O8. The average Bonchev–Trinajstić information content (AvgIpc) is 2.70. The van der Waals surface area contributed by atoms with Crippen LogP contribution in [0.4, 0.5) is 0 Å². The van der Waals surface area contributed by atoms with Gasteiger partial charge in [-0.2, -0.15) is 0 Å². The van der Waals surface area contributed by atoms with Crippen LogP contribution in [-0.4, -0.2) is 67.4 Å². The van der Waals surface area contributed by atoms with Crippen LogP contribution in [-0.2, 0) is 17.6 Å². The van der Waals surface area contributed by atoms with Crippen LogP contribution in [0.3, 0.4) is 0 Å². The Morgan fingerprint density at radius 2 is 1.73 bits per heavy atom. The van der Waals surface area contributed by atoms with E-state index in [1.807, 2.05) is 0 Å². The lowest BCUT2D eigenvalue weighted by atomic mass is 9.89. The Kier molecular flexibility index (Phi) is 6.94. The van der Waals surface area contributed by atoms with E-state index in [1.54, 1.807) is 12.1 Å². The van der Waals surface area contributed by atoms with Gasteiger partial charge < -0.3 is 35.4 Å². The van der Waals surface area contributed by atoms with Crippen LogP contribution in [0, 0.1) is 0 Å². The molecule has 3 rings (SSSR count). The number of rotatable bonds is 7. The van der Waals surface area contributed by atoms with Gasteiger partial charge >= 0.3 is 0 Å². The smallest absolute Gasteiger partial charge is 0.167 e. The first-order valence-corrected chi connectivity index (χ1v) is 9.77. The Labute approximate surface area is 173 Å². The largest absolute Gasteiger partial charge is 0.508 e. The van der Waals surface area contributed by atoms with E-state index in [-0.39, 0.29) is 60.0 Å². The van der Waals surface area contributed by atoms with Crippen molar-refractivity contribution in [1.29, 1.82) is 0 Å². The molecule has 2 aromatic rings. The molecule has 4 atom stereocenters. The number of Topliss-reactive ketones (excluding diaryl/α,β-unsaturated/α-hetero) is 1. The minimum atomic E-state index is -1.24. The van der Waals surface area contributed by atoms with Gasteiger partial charge in [-0.15, -0.1) is 0 Å². The number of aliphatic hydroxyl groups excluding tert-OH is 3. The summed E-state index contributed by atoms with van der Waals surface area (Å²) in [6, 6.07) is 8.83. The molecule has 0 saturated carbocycles. The number of aliphatic hydroxyl groups is 3. The third-order valence-electron chi connectivity index (χ3n) is 5.31. The summed E-state index contributed by atoms with van der Waals surface area (Å²) in [4.78, 5) is 12.9. The molecule has 0 amide bonds. The molecule has 0 aliphatic carbocycles. The van der Waals surface area contributed by atoms with Crippen LogP contribution >= 0.6 is 0 Å². The van der Waals surface area contributed by atoms with E-state index in [0.717, 1.165) is 11.6 Å². The SMILES string of the molecule is O=C(CCc1ccc(O)cc1)c1c(O)cc(O)cc1C[C@@H]1O[C@H](CO)C[C@H](O)C1O. The topological polar surface area (TPSA) is 148 Å². The van der Waals surface area contributed by atoms with Crippen molar-refractivity contribution in [3.05, 3.63) is 53.1 Å². The van der Waals surface area contributed by atoms with Crippen molar-refractivity contribution in [3.63, 3.8) is 0 Å². The normalized spacial score (nSPS) is 24.0. The van der Waals surface area contributed by atoms with Gasteiger partial charge in [0.05, 0.1) is 30.5 Å². The van der Waals surface area contributed by atoms with Crippen molar-refractivity contribution in [2.75, 3.05) is 6.61 Å². The number of aryl methyl sites for hydroxylation is 1. The molecule has 1 aliphatic rings. The first kappa shape index (κ1) is 22.0. The molecule has 8 nitrogen and oxygen atoms in total. The van der Waals surface area contributed by atoms with Crippen molar-refractivity contribution in [3.8, 4) is 17.2 Å². The number of aromatic hydroxyl groups is 3. The zero-order valence-corrected chi connectivity index (χ0v) is 16.3. The van der Waals surface area contributed by atoms with Gasteiger partial charge in [-0.05, 0) is 35.7 Å². The molecule has 1 saturated heterocycles. The number of phenolic OH excluding ortho intramolecular Hbond substituents is 3. The Hall–Kier alpha value is -2.65.